The zero-order chi connectivity index (χ0) is 7.40. The van der Waals surface area contributed by atoms with Crippen LogP contribution in [0.2, 0.25) is 0 Å². The Labute approximate surface area is 65.9 Å². The highest BCUT2D eigenvalue weighted by Gasteiger charge is 1.98. The van der Waals surface area contributed by atoms with Crippen molar-refractivity contribution < 1.29 is 0 Å². The molecule has 54 valence electrons. The van der Waals surface area contributed by atoms with Gasteiger partial charge in [0.15, 0.2) is 0 Å². The Bertz CT molecular complexity index is 184. The molecule has 0 amide bonds. The average molecular weight is 170 g/mol. The van der Waals surface area contributed by atoms with Crippen molar-refractivity contribution >= 4 is 21.8 Å². The summed E-state index contributed by atoms with van der Waals surface area (Å²) in [6, 6.07) is 10.7. The summed E-state index contributed by atoms with van der Waals surface area (Å²) >= 11 is 0. The van der Waals surface area contributed by atoms with Crippen LogP contribution in [0.4, 0.5) is 0 Å². The number of rotatable bonds is 2. The Kier molecular flexibility index (Phi) is 3.32. The molecule has 0 N–H and O–H groups in total. The standard InChI is InChI=1S/C8H12P2/c1-2-10(9)8-6-4-3-5-7-8/h3-7H,2,9H2,1H3. The Morgan fingerprint density at radius 3 is 2.40 bits per heavy atom. The predicted molar refractivity (Wildman–Crippen MR) is 53.2 cm³/mol. The van der Waals surface area contributed by atoms with Crippen LogP contribution in [0, 0.1) is 0 Å². The van der Waals surface area contributed by atoms with Gasteiger partial charge in [0.1, 0.15) is 0 Å². The fraction of sp³-hybridized carbons (Fsp3) is 0.250. The van der Waals surface area contributed by atoms with E-state index in [0.717, 1.165) is 0 Å². The maximum absolute atomic E-state index is 2.91. The molecule has 1 rings (SSSR count). The molecule has 0 aliphatic heterocycles. The first-order valence-corrected chi connectivity index (χ1v) is 6.56. The summed E-state index contributed by atoms with van der Waals surface area (Å²) in [4.78, 5) is 0. The van der Waals surface area contributed by atoms with Gasteiger partial charge < -0.3 is 0 Å². The van der Waals surface area contributed by atoms with Gasteiger partial charge in [-0.3, -0.25) is 0 Å². The molecule has 2 atom stereocenters. The van der Waals surface area contributed by atoms with E-state index < -0.39 is 0 Å². The van der Waals surface area contributed by atoms with E-state index in [-0.39, 0.29) is 7.61 Å². The van der Waals surface area contributed by atoms with Gasteiger partial charge in [-0.15, -0.1) is 8.93 Å². The van der Waals surface area contributed by atoms with Crippen molar-refractivity contribution in [3.05, 3.63) is 30.3 Å². The molecule has 0 saturated heterocycles. The molecule has 0 bridgehead atoms. The smallest absolute Gasteiger partial charge is 0.0202 e. The summed E-state index contributed by atoms with van der Waals surface area (Å²) in [7, 11) is 2.96. The van der Waals surface area contributed by atoms with Gasteiger partial charge in [0.2, 0.25) is 0 Å². The van der Waals surface area contributed by atoms with Crippen LogP contribution in [-0.2, 0) is 0 Å². The minimum absolute atomic E-state index is 0.0432. The Balaban J connectivity index is 2.75. The van der Waals surface area contributed by atoms with E-state index in [1.54, 1.807) is 0 Å². The predicted octanol–water partition coefficient (Wildman–Crippen LogP) is 2.60. The molecule has 10 heavy (non-hydrogen) atoms. The van der Waals surface area contributed by atoms with Crippen LogP contribution in [-0.4, -0.2) is 6.16 Å². The molecule has 0 nitrogen and oxygen atoms in total. The molecule has 2 heteroatoms. The molecule has 0 aromatic heterocycles. The fourth-order valence-electron chi connectivity index (χ4n) is 0.802. The summed E-state index contributed by atoms with van der Waals surface area (Å²) < 4.78 is 0. The van der Waals surface area contributed by atoms with Crippen molar-refractivity contribution in [2.24, 2.45) is 0 Å². The zero-order valence-corrected chi connectivity index (χ0v) is 8.17. The largest absolute Gasteiger partial charge is 0.107 e. The molecule has 0 aliphatic carbocycles. The van der Waals surface area contributed by atoms with E-state index in [1.165, 1.54) is 11.5 Å². The SMILES string of the molecule is CCP(P)c1ccccc1. The lowest BCUT2D eigenvalue weighted by atomic mass is 10.4. The minimum Gasteiger partial charge on any atom is -0.107 e. The number of hydrogen-bond donors (Lipinski definition) is 0. The first-order chi connectivity index (χ1) is 4.84. The van der Waals surface area contributed by atoms with Crippen molar-refractivity contribution in [2.75, 3.05) is 6.16 Å². The Morgan fingerprint density at radius 2 is 1.90 bits per heavy atom. The molecule has 0 heterocycles. The lowest BCUT2D eigenvalue weighted by molar-refractivity contribution is 1.52. The van der Waals surface area contributed by atoms with Gasteiger partial charge in [0.25, 0.3) is 0 Å². The lowest BCUT2D eigenvalue weighted by Crippen LogP contribution is -1.95. The van der Waals surface area contributed by atoms with Gasteiger partial charge in [-0.1, -0.05) is 44.9 Å². The minimum atomic E-state index is 0.0432. The van der Waals surface area contributed by atoms with Gasteiger partial charge in [0.05, 0.1) is 0 Å². The molecular formula is C8H12P2. The van der Waals surface area contributed by atoms with E-state index in [1.807, 2.05) is 0 Å². The van der Waals surface area contributed by atoms with E-state index in [9.17, 15) is 0 Å². The third-order valence-electron chi connectivity index (χ3n) is 1.43. The van der Waals surface area contributed by atoms with Crippen LogP contribution < -0.4 is 5.30 Å². The second kappa shape index (κ2) is 4.06. The summed E-state index contributed by atoms with van der Waals surface area (Å²) in [6.07, 6.45) is 1.25. The zero-order valence-electron chi connectivity index (χ0n) is 6.12. The molecule has 0 aliphatic rings. The quantitative estimate of drug-likeness (QED) is 0.598. The maximum Gasteiger partial charge on any atom is -0.0202 e. The number of benzene rings is 1. The van der Waals surface area contributed by atoms with E-state index >= 15 is 0 Å². The Morgan fingerprint density at radius 1 is 1.30 bits per heavy atom. The molecule has 2 unspecified atom stereocenters. The second-order valence-corrected chi connectivity index (χ2v) is 6.08. The molecular weight excluding hydrogens is 158 g/mol. The summed E-state index contributed by atoms with van der Waals surface area (Å²) in [6.45, 7) is 2.23. The maximum atomic E-state index is 2.91. The van der Waals surface area contributed by atoms with Gasteiger partial charge in [-0.05, 0) is 11.5 Å². The van der Waals surface area contributed by atoms with Crippen LogP contribution in [0.25, 0.3) is 0 Å². The summed E-state index contributed by atoms with van der Waals surface area (Å²) in [5.74, 6) is 0. The van der Waals surface area contributed by atoms with E-state index in [4.69, 9.17) is 0 Å². The van der Waals surface area contributed by atoms with Gasteiger partial charge in [-0.2, -0.15) is 0 Å². The van der Waals surface area contributed by atoms with E-state index in [2.05, 4.69) is 46.2 Å². The number of hydrogen-bond acceptors (Lipinski definition) is 0. The Hall–Kier alpha value is 0.0800. The molecule has 0 radical (unpaired) electrons. The summed E-state index contributed by atoms with van der Waals surface area (Å²) in [5.41, 5.74) is 0. The van der Waals surface area contributed by atoms with Crippen molar-refractivity contribution in [3.8, 4) is 0 Å². The van der Waals surface area contributed by atoms with Crippen molar-refractivity contribution in [1.82, 2.24) is 0 Å². The van der Waals surface area contributed by atoms with Crippen LogP contribution in [0.15, 0.2) is 30.3 Å². The van der Waals surface area contributed by atoms with Crippen molar-refractivity contribution in [3.63, 3.8) is 0 Å². The fourth-order valence-corrected chi connectivity index (χ4v) is 2.24. The molecule has 1 aromatic rings. The first kappa shape index (κ1) is 8.18. The summed E-state index contributed by atoms with van der Waals surface area (Å²) in [5, 5.41) is 1.48. The average Bonchev–Trinajstić information content (AvgIpc) is 2.05. The van der Waals surface area contributed by atoms with Gasteiger partial charge >= 0.3 is 0 Å². The topological polar surface area (TPSA) is 0 Å². The lowest BCUT2D eigenvalue weighted by Gasteiger charge is -2.07. The normalized spacial score (nSPS) is 13.0. The van der Waals surface area contributed by atoms with Crippen molar-refractivity contribution in [2.45, 2.75) is 6.92 Å². The van der Waals surface area contributed by atoms with Crippen molar-refractivity contribution in [1.29, 1.82) is 0 Å². The van der Waals surface area contributed by atoms with Crippen LogP contribution >= 0.6 is 16.5 Å². The molecule has 0 spiro atoms. The highest BCUT2D eigenvalue weighted by Crippen LogP contribution is 2.42. The monoisotopic (exact) mass is 170 g/mol. The van der Waals surface area contributed by atoms with Gasteiger partial charge in [-0.25, -0.2) is 0 Å². The highest BCUT2D eigenvalue weighted by molar-refractivity contribution is 8.17. The third kappa shape index (κ3) is 2.04. The van der Waals surface area contributed by atoms with Gasteiger partial charge in [0, 0.05) is 0 Å². The van der Waals surface area contributed by atoms with Crippen LogP contribution in [0.1, 0.15) is 6.92 Å². The first-order valence-electron chi connectivity index (χ1n) is 3.42. The highest BCUT2D eigenvalue weighted by atomic mass is 32.0. The second-order valence-electron chi connectivity index (χ2n) is 2.12. The van der Waals surface area contributed by atoms with Crippen LogP contribution in [0.5, 0.6) is 0 Å². The van der Waals surface area contributed by atoms with Crippen LogP contribution in [0.3, 0.4) is 0 Å². The third-order valence-corrected chi connectivity index (χ3v) is 5.06. The molecule has 0 fully saturated rings. The molecule has 1 aromatic carbocycles. The van der Waals surface area contributed by atoms with E-state index in [0.29, 0.717) is 0 Å². The molecule has 0 saturated carbocycles.